The summed E-state index contributed by atoms with van der Waals surface area (Å²) in [5.41, 5.74) is 7.03. The van der Waals surface area contributed by atoms with E-state index in [1.807, 2.05) is 37.3 Å². The highest BCUT2D eigenvalue weighted by Gasteiger charge is 2.28. The van der Waals surface area contributed by atoms with Crippen molar-refractivity contribution >= 4 is 34.6 Å². The van der Waals surface area contributed by atoms with Crippen molar-refractivity contribution in [2.45, 2.75) is 26.2 Å². The summed E-state index contributed by atoms with van der Waals surface area (Å²) in [5, 5.41) is 25.0. The lowest BCUT2D eigenvalue weighted by atomic mass is 9.93. The molecule has 9 heteroatoms. The first kappa shape index (κ1) is 24.6. The third-order valence-electron chi connectivity index (χ3n) is 6.12. The van der Waals surface area contributed by atoms with Crippen molar-refractivity contribution in [3.63, 3.8) is 0 Å². The van der Waals surface area contributed by atoms with Crippen LogP contribution in [0.2, 0.25) is 0 Å². The number of benzene rings is 3. The lowest BCUT2D eigenvalue weighted by Gasteiger charge is -2.13. The Morgan fingerprint density at radius 2 is 1.53 bits per heavy atom. The third kappa shape index (κ3) is 5.52. The minimum Gasteiger partial charge on any atom is -0.508 e. The van der Waals surface area contributed by atoms with E-state index in [1.165, 1.54) is 24.3 Å². The molecule has 0 radical (unpaired) electrons. The van der Waals surface area contributed by atoms with E-state index in [1.54, 1.807) is 24.3 Å². The predicted octanol–water partition coefficient (Wildman–Crippen LogP) is 6.43. The number of amides is 2. The van der Waals surface area contributed by atoms with Crippen LogP contribution in [-0.2, 0) is 6.42 Å². The summed E-state index contributed by atoms with van der Waals surface area (Å²) in [7, 11) is 0. The summed E-state index contributed by atoms with van der Waals surface area (Å²) in [6, 6.07) is 22.4. The number of rotatable bonds is 6. The Bertz CT molecular complexity index is 1520. The Kier molecular flexibility index (Phi) is 7.08. The number of nitrogens with zero attached hydrogens (tertiary/aromatic N) is 3. The lowest BCUT2D eigenvalue weighted by Crippen LogP contribution is -2.22. The molecule has 0 atom stereocenters. The largest absolute Gasteiger partial charge is 0.508 e. The van der Waals surface area contributed by atoms with Crippen molar-refractivity contribution in [3.05, 3.63) is 107 Å². The zero-order valence-electron chi connectivity index (χ0n) is 20.6. The van der Waals surface area contributed by atoms with Crippen molar-refractivity contribution in [3.8, 4) is 5.75 Å². The number of aryl methyl sites for hydroxylation is 1. The number of hydrazone groups is 1. The van der Waals surface area contributed by atoms with Crippen LogP contribution in [0.3, 0.4) is 0 Å². The standard InChI is InChI=1S/C29H25N5O4/c1-18-26-24(33-34-28(36)19-10-16-23(35)17-11-19)8-5-9-25(26)38-27(18)29(37)30-20-12-14-22(15-13-20)32-31-21-6-3-2-4-7-21/h2-4,6-7,10-17,35H,5,8-9H2,1H3,(H,30,37)(H,34,36). The summed E-state index contributed by atoms with van der Waals surface area (Å²) >= 11 is 0. The third-order valence-corrected chi connectivity index (χ3v) is 6.12. The van der Waals surface area contributed by atoms with Gasteiger partial charge in [0.1, 0.15) is 11.5 Å². The summed E-state index contributed by atoms with van der Waals surface area (Å²) in [6.45, 7) is 1.81. The average Bonchev–Trinajstić information content (AvgIpc) is 3.29. The maximum atomic E-state index is 13.1. The number of nitrogens with one attached hydrogen (secondary N) is 2. The predicted molar refractivity (Wildman–Crippen MR) is 144 cm³/mol. The number of hydrogen-bond acceptors (Lipinski definition) is 7. The fraction of sp³-hybridized carbons (Fsp3) is 0.138. The van der Waals surface area contributed by atoms with Gasteiger partial charge in [0, 0.05) is 28.8 Å². The number of azo groups is 1. The number of carbonyl (C=O) groups excluding carboxylic acids is 2. The van der Waals surface area contributed by atoms with Crippen molar-refractivity contribution in [2.24, 2.45) is 15.3 Å². The van der Waals surface area contributed by atoms with Crippen LogP contribution in [-0.4, -0.2) is 22.6 Å². The lowest BCUT2D eigenvalue weighted by molar-refractivity contribution is 0.0953. The molecule has 9 nitrogen and oxygen atoms in total. The minimum atomic E-state index is -0.393. The van der Waals surface area contributed by atoms with Gasteiger partial charge in [0.25, 0.3) is 11.8 Å². The molecule has 4 aromatic rings. The Morgan fingerprint density at radius 3 is 2.24 bits per heavy atom. The highest BCUT2D eigenvalue weighted by molar-refractivity contribution is 6.09. The molecule has 1 aromatic heterocycles. The number of phenolic OH excluding ortho intramolecular Hbond substituents is 1. The topological polar surface area (TPSA) is 129 Å². The van der Waals surface area contributed by atoms with E-state index in [-0.39, 0.29) is 17.4 Å². The van der Waals surface area contributed by atoms with Crippen molar-refractivity contribution in [1.29, 1.82) is 0 Å². The maximum absolute atomic E-state index is 13.1. The molecule has 0 saturated carbocycles. The van der Waals surface area contributed by atoms with Gasteiger partial charge in [0.05, 0.1) is 17.1 Å². The number of anilines is 1. The Balaban J connectivity index is 1.28. The van der Waals surface area contributed by atoms with Crippen LogP contribution in [0.25, 0.3) is 0 Å². The van der Waals surface area contributed by atoms with Crippen LogP contribution in [0.1, 0.15) is 50.6 Å². The first-order valence-electron chi connectivity index (χ1n) is 12.1. The Labute approximate surface area is 218 Å². The highest BCUT2D eigenvalue weighted by Crippen LogP contribution is 2.30. The summed E-state index contributed by atoms with van der Waals surface area (Å²) in [6.07, 6.45) is 2.10. The van der Waals surface area contributed by atoms with Gasteiger partial charge in [-0.15, -0.1) is 0 Å². The summed E-state index contributed by atoms with van der Waals surface area (Å²) < 4.78 is 5.95. The van der Waals surface area contributed by atoms with E-state index in [9.17, 15) is 14.7 Å². The molecule has 0 fully saturated rings. The number of fused-ring (bicyclic) bond motifs is 1. The molecule has 1 aliphatic rings. The number of furan rings is 1. The molecular weight excluding hydrogens is 482 g/mol. The van der Waals surface area contributed by atoms with Gasteiger partial charge in [0.2, 0.25) is 0 Å². The second-order valence-electron chi connectivity index (χ2n) is 8.79. The van der Waals surface area contributed by atoms with Crippen LogP contribution in [0.5, 0.6) is 5.75 Å². The van der Waals surface area contributed by atoms with Crippen molar-refractivity contribution in [2.75, 3.05) is 5.32 Å². The first-order valence-corrected chi connectivity index (χ1v) is 12.1. The SMILES string of the molecule is Cc1c(C(=O)Nc2ccc(N=Nc3ccccc3)cc2)oc2c1C(=NNC(=O)c1ccc(O)cc1)CCC2. The zero-order valence-corrected chi connectivity index (χ0v) is 20.6. The normalized spacial score (nSPS) is 13.9. The van der Waals surface area contributed by atoms with Crippen LogP contribution in [0, 0.1) is 6.92 Å². The molecule has 38 heavy (non-hydrogen) atoms. The van der Waals surface area contributed by atoms with Crippen LogP contribution in [0.4, 0.5) is 17.1 Å². The van der Waals surface area contributed by atoms with Crippen molar-refractivity contribution in [1.82, 2.24) is 5.43 Å². The molecule has 0 spiro atoms. The van der Waals surface area contributed by atoms with E-state index >= 15 is 0 Å². The molecule has 5 rings (SSSR count). The van der Waals surface area contributed by atoms with E-state index in [0.717, 1.165) is 17.7 Å². The van der Waals surface area contributed by atoms with Crippen molar-refractivity contribution < 1.29 is 19.1 Å². The Morgan fingerprint density at radius 1 is 0.842 bits per heavy atom. The molecular formula is C29H25N5O4. The molecule has 190 valence electrons. The van der Waals surface area contributed by atoms with E-state index in [2.05, 4.69) is 26.1 Å². The molecule has 1 aliphatic carbocycles. The molecule has 3 aromatic carbocycles. The molecule has 0 aliphatic heterocycles. The van der Waals surface area contributed by atoms with Crippen LogP contribution < -0.4 is 10.7 Å². The fourth-order valence-electron chi connectivity index (χ4n) is 4.20. The summed E-state index contributed by atoms with van der Waals surface area (Å²) in [4.78, 5) is 25.5. The van der Waals surface area contributed by atoms with Crippen LogP contribution >= 0.6 is 0 Å². The average molecular weight is 508 g/mol. The van der Waals surface area contributed by atoms with E-state index < -0.39 is 5.91 Å². The van der Waals surface area contributed by atoms with Gasteiger partial charge in [-0.1, -0.05) is 18.2 Å². The van der Waals surface area contributed by atoms with Gasteiger partial charge in [-0.3, -0.25) is 9.59 Å². The maximum Gasteiger partial charge on any atom is 0.291 e. The first-order chi connectivity index (χ1) is 18.5. The molecule has 3 N–H and O–H groups in total. The minimum absolute atomic E-state index is 0.0779. The monoisotopic (exact) mass is 507 g/mol. The molecule has 0 saturated heterocycles. The van der Waals surface area contributed by atoms with Gasteiger partial charge >= 0.3 is 0 Å². The molecule has 0 bridgehead atoms. The number of carbonyl (C=O) groups is 2. The Hall–Kier alpha value is -5.05. The molecule has 1 heterocycles. The number of phenols is 1. The second-order valence-corrected chi connectivity index (χ2v) is 8.79. The summed E-state index contributed by atoms with van der Waals surface area (Å²) in [5.74, 6) is 0.197. The van der Waals surface area contributed by atoms with Gasteiger partial charge in [-0.2, -0.15) is 15.3 Å². The fourth-order valence-corrected chi connectivity index (χ4v) is 4.20. The molecule has 0 unspecified atom stereocenters. The highest BCUT2D eigenvalue weighted by atomic mass is 16.4. The zero-order chi connectivity index (χ0) is 26.5. The molecule has 2 amide bonds. The van der Waals surface area contributed by atoms with E-state index in [4.69, 9.17) is 4.42 Å². The second kappa shape index (κ2) is 10.9. The smallest absolute Gasteiger partial charge is 0.291 e. The quantitative estimate of drug-likeness (QED) is 0.205. The van der Waals surface area contributed by atoms with Crippen LogP contribution in [0.15, 0.2) is 98.6 Å². The van der Waals surface area contributed by atoms with Gasteiger partial charge in [-0.05, 0) is 80.4 Å². The number of hydrogen-bond donors (Lipinski definition) is 3. The van der Waals surface area contributed by atoms with Gasteiger partial charge < -0.3 is 14.8 Å². The van der Waals surface area contributed by atoms with Gasteiger partial charge in [-0.25, -0.2) is 5.43 Å². The van der Waals surface area contributed by atoms with Gasteiger partial charge in [0.15, 0.2) is 5.76 Å². The van der Waals surface area contributed by atoms with E-state index in [0.29, 0.717) is 46.8 Å². The number of aromatic hydroxyl groups is 1.